The predicted octanol–water partition coefficient (Wildman–Crippen LogP) is 6.99. The molecule has 4 rings (SSSR count). The third-order valence-corrected chi connectivity index (χ3v) is 5.84. The van der Waals surface area contributed by atoms with Gasteiger partial charge in [0.1, 0.15) is 5.82 Å². The quantitative estimate of drug-likeness (QED) is 0.218. The van der Waals surface area contributed by atoms with Crippen molar-refractivity contribution in [2.45, 2.75) is 37.9 Å². The number of rotatable bonds is 4. The number of alkyl halides is 3. The topological polar surface area (TPSA) is 71.3 Å². The second kappa shape index (κ2) is 10.2. The molecule has 0 saturated heterocycles. The number of anilines is 1. The van der Waals surface area contributed by atoms with Crippen molar-refractivity contribution < 1.29 is 22.4 Å². The Morgan fingerprint density at radius 2 is 1.71 bits per heavy atom. The molecule has 1 fully saturated rings. The molecule has 1 saturated carbocycles. The first-order chi connectivity index (χ1) is 16.6. The van der Waals surface area contributed by atoms with Crippen molar-refractivity contribution in [3.05, 3.63) is 75.7 Å². The number of aromatic nitrogens is 2. The number of carbonyl (C=O) groups excluding carboxylic acids is 1. The highest BCUT2D eigenvalue weighted by molar-refractivity contribution is 6.31. The van der Waals surface area contributed by atoms with Crippen molar-refractivity contribution in [3.8, 4) is 0 Å². The average molecular weight is 528 g/mol. The number of benzene rings is 2. The highest BCUT2D eigenvalue weighted by atomic mass is 35.5. The number of nitrogens with zero attached hydrogens (tertiary/aromatic N) is 3. The summed E-state index contributed by atoms with van der Waals surface area (Å²) < 4.78 is 55.4. The van der Waals surface area contributed by atoms with E-state index in [0.717, 1.165) is 31.0 Å². The molecule has 0 unspecified atom stereocenters. The molecule has 0 atom stereocenters. The molecule has 1 heterocycles. The molecule has 184 valence electrons. The monoisotopic (exact) mass is 527 g/mol. The van der Waals surface area contributed by atoms with Crippen LogP contribution in [0.2, 0.25) is 10.0 Å². The van der Waals surface area contributed by atoms with Crippen LogP contribution in [-0.2, 0) is 6.18 Å². The number of amides is 1. The van der Waals surface area contributed by atoms with Crippen LogP contribution in [0.3, 0.4) is 0 Å². The van der Waals surface area contributed by atoms with E-state index >= 15 is 0 Å². The van der Waals surface area contributed by atoms with E-state index in [-0.39, 0.29) is 34.1 Å². The Morgan fingerprint density at radius 1 is 1.03 bits per heavy atom. The maximum Gasteiger partial charge on any atom is 0.435 e. The Morgan fingerprint density at radius 3 is 2.34 bits per heavy atom. The van der Waals surface area contributed by atoms with E-state index in [2.05, 4.69) is 20.7 Å². The molecule has 0 spiro atoms. The summed E-state index contributed by atoms with van der Waals surface area (Å²) in [6.45, 7) is 0. The van der Waals surface area contributed by atoms with Gasteiger partial charge in [-0.2, -0.15) is 23.3 Å². The molecule has 1 aliphatic carbocycles. The van der Waals surface area contributed by atoms with Crippen LogP contribution < -0.4 is 10.6 Å². The van der Waals surface area contributed by atoms with Gasteiger partial charge in [0.2, 0.25) is 5.96 Å². The Bertz CT molecular complexity index is 1230. The fourth-order valence-electron chi connectivity index (χ4n) is 3.77. The summed E-state index contributed by atoms with van der Waals surface area (Å²) in [6.07, 6.45) is -1.66. The van der Waals surface area contributed by atoms with Gasteiger partial charge in [0.15, 0.2) is 11.5 Å². The summed E-state index contributed by atoms with van der Waals surface area (Å²) >= 11 is 11.8. The standard InChI is InChI=1S/C23H19Cl2F4N5O/c24-14-7-5-13(6-8-14)21(35)32-22(30-17-10-15(25)9-16(26)11-17)31-20-12-19(23(27,28)29)33-34(20)18-3-1-2-4-18/h5-12,18H,1-4H2,(H2,30,31,32,35). The maximum atomic E-state index is 13.9. The molecule has 2 N–H and O–H groups in total. The zero-order valence-corrected chi connectivity index (χ0v) is 19.6. The van der Waals surface area contributed by atoms with Crippen molar-refractivity contribution >= 4 is 46.6 Å². The fourth-order valence-corrected chi connectivity index (χ4v) is 4.12. The molecule has 6 nitrogen and oxygen atoms in total. The Labute approximate surface area is 207 Å². The molecule has 12 heteroatoms. The smallest absolute Gasteiger partial charge is 0.325 e. The Hall–Kier alpha value is -3.11. The normalized spacial score (nSPS) is 14.9. The summed E-state index contributed by atoms with van der Waals surface area (Å²) in [5.41, 5.74) is -0.741. The lowest BCUT2D eigenvalue weighted by Crippen LogP contribution is -2.36. The van der Waals surface area contributed by atoms with Crippen LogP contribution in [0.25, 0.3) is 0 Å². The molecule has 35 heavy (non-hydrogen) atoms. The minimum Gasteiger partial charge on any atom is -0.325 e. The zero-order valence-electron chi connectivity index (χ0n) is 18.0. The summed E-state index contributed by atoms with van der Waals surface area (Å²) in [5.74, 6) is -1.61. The van der Waals surface area contributed by atoms with E-state index in [1.165, 1.54) is 35.0 Å². The minimum absolute atomic E-state index is 0.0752. The van der Waals surface area contributed by atoms with Gasteiger partial charge in [-0.1, -0.05) is 36.0 Å². The number of hydrogen-bond acceptors (Lipinski definition) is 3. The molecular weight excluding hydrogens is 509 g/mol. The lowest BCUT2D eigenvalue weighted by Gasteiger charge is -2.15. The Kier molecular flexibility index (Phi) is 7.32. The van der Waals surface area contributed by atoms with Crippen LogP contribution in [0.4, 0.5) is 29.1 Å². The molecule has 2 aromatic carbocycles. The third-order valence-electron chi connectivity index (χ3n) is 5.37. The van der Waals surface area contributed by atoms with Crippen LogP contribution in [0, 0.1) is 5.82 Å². The number of hydrogen-bond donors (Lipinski definition) is 2. The summed E-state index contributed by atoms with van der Waals surface area (Å²) in [5, 5.41) is 9.50. The molecule has 0 bridgehead atoms. The lowest BCUT2D eigenvalue weighted by molar-refractivity contribution is -0.141. The SMILES string of the molecule is O=C(N/C(=N/c1cc(C(F)(F)F)nn1C1CCCC1)Nc1cc(F)cc(Cl)c1)c1ccc(Cl)cc1. The first kappa shape index (κ1) is 25.0. The molecular formula is C23H19Cl2F4N5O. The van der Waals surface area contributed by atoms with Gasteiger partial charge in [-0.05, 0) is 55.3 Å². The third kappa shape index (κ3) is 6.32. The second-order valence-corrected chi connectivity index (χ2v) is 8.85. The van der Waals surface area contributed by atoms with Crippen molar-refractivity contribution in [3.63, 3.8) is 0 Å². The van der Waals surface area contributed by atoms with Gasteiger partial charge in [-0.25, -0.2) is 9.07 Å². The van der Waals surface area contributed by atoms with Crippen molar-refractivity contribution in [1.82, 2.24) is 15.1 Å². The second-order valence-electron chi connectivity index (χ2n) is 7.97. The van der Waals surface area contributed by atoms with E-state index in [1.807, 2.05) is 0 Å². The first-order valence-corrected chi connectivity index (χ1v) is 11.4. The van der Waals surface area contributed by atoms with Crippen molar-refractivity contribution in [2.24, 2.45) is 4.99 Å². The maximum absolute atomic E-state index is 13.9. The molecule has 1 amide bonds. The van der Waals surface area contributed by atoms with Crippen molar-refractivity contribution in [2.75, 3.05) is 5.32 Å². The molecule has 1 aromatic heterocycles. The summed E-state index contributed by atoms with van der Waals surface area (Å²) in [6, 6.07) is 10.1. The van der Waals surface area contributed by atoms with E-state index < -0.39 is 23.6 Å². The molecule has 0 aliphatic heterocycles. The van der Waals surface area contributed by atoms with Gasteiger partial charge in [-0.15, -0.1) is 0 Å². The van der Waals surface area contributed by atoms with Crippen LogP contribution in [0.1, 0.15) is 47.8 Å². The molecule has 3 aromatic rings. The van der Waals surface area contributed by atoms with E-state index in [1.54, 1.807) is 0 Å². The highest BCUT2D eigenvalue weighted by Crippen LogP contribution is 2.37. The largest absolute Gasteiger partial charge is 0.435 e. The van der Waals surface area contributed by atoms with Gasteiger partial charge in [0, 0.05) is 27.4 Å². The summed E-state index contributed by atoms with van der Waals surface area (Å²) in [7, 11) is 0. The van der Waals surface area contributed by atoms with E-state index in [9.17, 15) is 22.4 Å². The highest BCUT2D eigenvalue weighted by Gasteiger charge is 2.36. The van der Waals surface area contributed by atoms with Gasteiger partial charge in [0.05, 0.1) is 6.04 Å². The van der Waals surface area contributed by atoms with Crippen LogP contribution in [0.15, 0.2) is 53.5 Å². The Balaban J connectivity index is 1.74. The van der Waals surface area contributed by atoms with Gasteiger partial charge in [0.25, 0.3) is 5.91 Å². The number of guanidine groups is 1. The zero-order chi connectivity index (χ0) is 25.2. The van der Waals surface area contributed by atoms with E-state index in [0.29, 0.717) is 17.9 Å². The van der Waals surface area contributed by atoms with Crippen LogP contribution >= 0.6 is 23.2 Å². The number of aliphatic imine (C=N–C) groups is 1. The first-order valence-electron chi connectivity index (χ1n) is 10.6. The van der Waals surface area contributed by atoms with E-state index in [4.69, 9.17) is 23.2 Å². The van der Waals surface area contributed by atoms with Crippen LogP contribution in [-0.4, -0.2) is 21.6 Å². The fraction of sp³-hybridized carbons (Fsp3) is 0.261. The number of carbonyl (C=O) groups is 1. The van der Waals surface area contributed by atoms with Gasteiger partial charge in [-0.3, -0.25) is 10.1 Å². The molecule has 1 aliphatic rings. The molecule has 0 radical (unpaired) electrons. The number of halogens is 6. The van der Waals surface area contributed by atoms with Gasteiger partial charge < -0.3 is 5.32 Å². The minimum atomic E-state index is -4.68. The number of nitrogens with one attached hydrogen (secondary N) is 2. The summed E-state index contributed by atoms with van der Waals surface area (Å²) in [4.78, 5) is 17.1. The van der Waals surface area contributed by atoms with Gasteiger partial charge >= 0.3 is 6.18 Å². The van der Waals surface area contributed by atoms with Crippen LogP contribution in [0.5, 0.6) is 0 Å². The lowest BCUT2D eigenvalue weighted by atomic mass is 10.2. The van der Waals surface area contributed by atoms with Crippen molar-refractivity contribution in [1.29, 1.82) is 0 Å². The predicted molar refractivity (Wildman–Crippen MR) is 126 cm³/mol. The average Bonchev–Trinajstić information content (AvgIpc) is 3.43.